The maximum absolute atomic E-state index is 12.7. The number of aromatic amines is 1. The largest absolute Gasteiger partial charge is 0.348 e. The van der Waals surface area contributed by atoms with Gasteiger partial charge in [0.15, 0.2) is 5.16 Å². The highest BCUT2D eigenvalue weighted by atomic mass is 32.2. The van der Waals surface area contributed by atoms with Gasteiger partial charge in [-0.15, -0.1) is 5.10 Å². The molecule has 0 aliphatic carbocycles. The fourth-order valence-electron chi connectivity index (χ4n) is 2.75. The summed E-state index contributed by atoms with van der Waals surface area (Å²) in [4.78, 5) is 18.9. The van der Waals surface area contributed by atoms with Crippen LogP contribution in [0.2, 0.25) is 0 Å². The monoisotopic (exact) mass is 351 g/mol. The summed E-state index contributed by atoms with van der Waals surface area (Å²) < 4.78 is 1.96. The Kier molecular flexibility index (Phi) is 3.93. The smallest absolute Gasteiger partial charge is 0.240 e. The van der Waals surface area contributed by atoms with Crippen molar-refractivity contribution in [1.29, 1.82) is 0 Å². The molecule has 4 rings (SSSR count). The van der Waals surface area contributed by atoms with Crippen molar-refractivity contribution in [3.63, 3.8) is 0 Å². The third kappa shape index (κ3) is 2.76. The molecule has 0 spiro atoms. The highest BCUT2D eigenvalue weighted by Gasteiger charge is 2.26. The second-order valence-corrected chi connectivity index (χ2v) is 6.98. The van der Waals surface area contributed by atoms with Gasteiger partial charge in [-0.25, -0.2) is 10.1 Å². The molecule has 126 valence electrons. The molecule has 1 N–H and O–H groups in total. The lowest BCUT2D eigenvalue weighted by Gasteiger charge is -2.19. The molecule has 0 saturated carbocycles. The number of aromatic nitrogens is 4. The lowest BCUT2D eigenvalue weighted by Crippen LogP contribution is -2.26. The van der Waals surface area contributed by atoms with E-state index in [0.29, 0.717) is 10.9 Å². The van der Waals surface area contributed by atoms with Gasteiger partial charge >= 0.3 is 0 Å². The zero-order valence-corrected chi connectivity index (χ0v) is 14.7. The third-order valence-electron chi connectivity index (χ3n) is 3.99. The summed E-state index contributed by atoms with van der Waals surface area (Å²) in [6.07, 6.45) is 0. The van der Waals surface area contributed by atoms with E-state index in [1.807, 2.05) is 59.0 Å². The van der Waals surface area contributed by atoms with E-state index in [2.05, 4.69) is 15.2 Å². The lowest BCUT2D eigenvalue weighted by atomic mass is 10.1. The fourth-order valence-corrected chi connectivity index (χ4v) is 3.95. The van der Waals surface area contributed by atoms with Crippen molar-refractivity contribution in [3.05, 3.63) is 60.2 Å². The summed E-state index contributed by atoms with van der Waals surface area (Å²) >= 11 is 1.42. The van der Waals surface area contributed by atoms with Gasteiger partial charge in [0, 0.05) is 14.1 Å². The number of para-hydroxylation sites is 2. The van der Waals surface area contributed by atoms with Gasteiger partial charge in [0.25, 0.3) is 0 Å². The number of amides is 1. The minimum Gasteiger partial charge on any atom is -0.348 e. The van der Waals surface area contributed by atoms with E-state index in [1.54, 1.807) is 19.0 Å². The van der Waals surface area contributed by atoms with Crippen LogP contribution in [0.5, 0.6) is 0 Å². The Bertz CT molecular complexity index is 1040. The molecular weight excluding hydrogens is 334 g/mol. The Morgan fingerprint density at radius 2 is 1.84 bits per heavy atom. The number of hydrogen-bond acceptors (Lipinski definition) is 4. The molecule has 1 amide bonds. The summed E-state index contributed by atoms with van der Waals surface area (Å²) in [7, 11) is 3.54. The van der Waals surface area contributed by atoms with Gasteiger partial charge in [-0.2, -0.15) is 0 Å². The van der Waals surface area contributed by atoms with Crippen molar-refractivity contribution in [2.45, 2.75) is 10.4 Å². The van der Waals surface area contributed by atoms with Gasteiger partial charge in [0.1, 0.15) is 5.25 Å². The van der Waals surface area contributed by atoms with Crippen molar-refractivity contribution in [1.82, 2.24) is 24.5 Å². The average molecular weight is 351 g/mol. The number of nitrogens with one attached hydrogen (secondary N) is 1. The molecule has 7 heteroatoms. The fraction of sp³-hybridized carbons (Fsp3) is 0.167. The van der Waals surface area contributed by atoms with Crippen LogP contribution in [0.3, 0.4) is 0 Å². The Morgan fingerprint density at radius 1 is 1.12 bits per heavy atom. The van der Waals surface area contributed by atoms with Crippen molar-refractivity contribution in [2.24, 2.45) is 0 Å². The first-order valence-electron chi connectivity index (χ1n) is 7.89. The quantitative estimate of drug-likeness (QED) is 0.574. The molecule has 1 atom stereocenters. The number of fused-ring (bicyclic) bond motifs is 3. The van der Waals surface area contributed by atoms with Gasteiger partial charge in [-0.05, 0) is 17.7 Å². The second kappa shape index (κ2) is 6.25. The van der Waals surface area contributed by atoms with Gasteiger partial charge < -0.3 is 4.90 Å². The molecule has 4 aromatic rings. The minimum atomic E-state index is -0.371. The summed E-state index contributed by atoms with van der Waals surface area (Å²) in [5.74, 6) is 0.699. The van der Waals surface area contributed by atoms with E-state index in [4.69, 9.17) is 0 Å². The number of benzene rings is 2. The minimum absolute atomic E-state index is 0.0248. The number of imidazole rings is 1. The molecule has 1 unspecified atom stereocenters. The molecule has 2 aromatic carbocycles. The Labute approximate surface area is 148 Å². The van der Waals surface area contributed by atoms with Crippen LogP contribution in [0.4, 0.5) is 0 Å². The van der Waals surface area contributed by atoms with E-state index < -0.39 is 0 Å². The van der Waals surface area contributed by atoms with E-state index >= 15 is 0 Å². The summed E-state index contributed by atoms with van der Waals surface area (Å²) in [5, 5.41) is 7.68. The highest BCUT2D eigenvalue weighted by Crippen LogP contribution is 2.36. The molecule has 2 aromatic heterocycles. The van der Waals surface area contributed by atoms with Crippen LogP contribution in [0.1, 0.15) is 10.8 Å². The first kappa shape index (κ1) is 15.7. The number of thioether (sulfide) groups is 1. The molecule has 2 heterocycles. The Hall–Kier alpha value is -2.80. The normalized spacial score (nSPS) is 12.6. The lowest BCUT2D eigenvalue weighted by molar-refractivity contribution is -0.128. The van der Waals surface area contributed by atoms with Crippen molar-refractivity contribution in [3.8, 4) is 0 Å². The molecule has 0 aliphatic rings. The van der Waals surface area contributed by atoms with Crippen LogP contribution in [0.25, 0.3) is 16.8 Å². The number of nitrogens with zero attached hydrogens (tertiary/aromatic N) is 4. The maximum atomic E-state index is 12.7. The molecule has 0 fully saturated rings. The summed E-state index contributed by atoms with van der Waals surface area (Å²) in [5.41, 5.74) is 2.82. The first-order chi connectivity index (χ1) is 12.1. The SMILES string of the molecule is CN(C)C(=O)C(Sc1n[nH]c2nc3ccccc3n12)c1ccccc1. The van der Waals surface area contributed by atoms with Gasteiger partial charge in [-0.3, -0.25) is 9.20 Å². The number of carbonyl (C=O) groups is 1. The van der Waals surface area contributed by atoms with Crippen LogP contribution in [-0.4, -0.2) is 44.5 Å². The first-order valence-corrected chi connectivity index (χ1v) is 8.77. The van der Waals surface area contributed by atoms with E-state index in [0.717, 1.165) is 16.6 Å². The summed E-state index contributed by atoms with van der Waals surface area (Å²) in [6, 6.07) is 17.7. The molecule has 25 heavy (non-hydrogen) atoms. The number of carbonyl (C=O) groups excluding carboxylic acids is 1. The zero-order chi connectivity index (χ0) is 17.4. The predicted octanol–water partition coefficient (Wildman–Crippen LogP) is 3.13. The van der Waals surface area contributed by atoms with Crippen LogP contribution in [-0.2, 0) is 4.79 Å². The topological polar surface area (TPSA) is 66.3 Å². The number of H-pyrrole nitrogens is 1. The van der Waals surface area contributed by atoms with Crippen LogP contribution < -0.4 is 0 Å². The van der Waals surface area contributed by atoms with Crippen molar-refractivity contribution >= 4 is 34.5 Å². The molecular formula is C18H17N5OS. The zero-order valence-electron chi connectivity index (χ0n) is 13.9. The highest BCUT2D eigenvalue weighted by molar-refractivity contribution is 8.00. The molecule has 0 aliphatic heterocycles. The molecule has 0 bridgehead atoms. The Balaban J connectivity index is 1.80. The van der Waals surface area contributed by atoms with Crippen LogP contribution in [0, 0.1) is 0 Å². The van der Waals surface area contributed by atoms with Crippen molar-refractivity contribution < 1.29 is 4.79 Å². The van der Waals surface area contributed by atoms with Gasteiger partial charge in [0.05, 0.1) is 11.0 Å². The molecule has 0 radical (unpaired) electrons. The van der Waals surface area contributed by atoms with Gasteiger partial charge in [0.2, 0.25) is 11.7 Å². The maximum Gasteiger partial charge on any atom is 0.240 e. The predicted molar refractivity (Wildman–Crippen MR) is 98.6 cm³/mol. The van der Waals surface area contributed by atoms with Crippen LogP contribution >= 0.6 is 11.8 Å². The summed E-state index contributed by atoms with van der Waals surface area (Å²) in [6.45, 7) is 0. The number of likely N-dealkylation sites (N-methyl/N-ethyl adjacent to an activating group) is 1. The average Bonchev–Trinajstić information content (AvgIpc) is 3.19. The van der Waals surface area contributed by atoms with Crippen LogP contribution in [0.15, 0.2) is 59.8 Å². The second-order valence-electron chi connectivity index (χ2n) is 5.91. The van der Waals surface area contributed by atoms with E-state index in [9.17, 15) is 4.79 Å². The Morgan fingerprint density at radius 3 is 2.60 bits per heavy atom. The standard InChI is InChI=1S/C18H17N5OS/c1-22(2)16(24)15(12-8-4-3-5-9-12)25-18-21-20-17-19-13-10-6-7-11-14(13)23(17)18/h3-11,15H,1-2H3,(H,19,20). The van der Waals surface area contributed by atoms with Gasteiger partial charge in [-0.1, -0.05) is 54.2 Å². The number of hydrogen-bond donors (Lipinski definition) is 1. The molecule has 6 nitrogen and oxygen atoms in total. The molecule has 0 saturated heterocycles. The van der Waals surface area contributed by atoms with E-state index in [-0.39, 0.29) is 11.2 Å². The number of rotatable bonds is 4. The third-order valence-corrected chi connectivity index (χ3v) is 5.19. The van der Waals surface area contributed by atoms with E-state index in [1.165, 1.54) is 11.8 Å². The van der Waals surface area contributed by atoms with Crippen molar-refractivity contribution in [2.75, 3.05) is 14.1 Å².